The van der Waals surface area contributed by atoms with Gasteiger partial charge >= 0.3 is 11.4 Å². The van der Waals surface area contributed by atoms with Crippen molar-refractivity contribution in [2.24, 2.45) is 0 Å². The van der Waals surface area contributed by atoms with Crippen molar-refractivity contribution in [3.63, 3.8) is 0 Å². The van der Waals surface area contributed by atoms with Gasteiger partial charge in [0.2, 0.25) is 0 Å². The minimum atomic E-state index is -2.99. The van der Waals surface area contributed by atoms with Crippen LogP contribution in [0.4, 0.5) is 0 Å². The Bertz CT molecular complexity index is 1700. The third kappa shape index (κ3) is 12.0. The predicted molar refractivity (Wildman–Crippen MR) is 216 cm³/mol. The molecule has 2 unspecified atom stereocenters. The maximum atomic E-state index is 11.7. The van der Waals surface area contributed by atoms with Crippen LogP contribution in [0, 0.1) is 0 Å². The second-order valence-corrected chi connectivity index (χ2v) is 18.5. The lowest BCUT2D eigenvalue weighted by Crippen LogP contribution is -2.69. The Morgan fingerprint density at radius 1 is 0.347 bits per heavy atom. The second kappa shape index (κ2) is 25.1. The van der Waals surface area contributed by atoms with E-state index in [1.54, 1.807) is 0 Å². The lowest BCUT2D eigenvalue weighted by atomic mass is 9.94. The van der Waals surface area contributed by atoms with Crippen LogP contribution in [0.5, 0.6) is 0 Å². The summed E-state index contributed by atoms with van der Waals surface area (Å²) < 4.78 is 100. The summed E-state index contributed by atoms with van der Waals surface area (Å²) in [7, 11) is 0. The molecule has 22 aliphatic rings. The van der Waals surface area contributed by atoms with Gasteiger partial charge in [0.25, 0.3) is 0 Å². The molecule has 0 aromatic rings. The van der Waals surface area contributed by atoms with Gasteiger partial charge in [0, 0.05) is 0 Å². The first-order valence-corrected chi connectivity index (χ1v) is 23.7. The van der Waals surface area contributed by atoms with Gasteiger partial charge in [0.05, 0.1) is 39.6 Å². The molecule has 22 saturated heterocycles. The molecule has 12 bridgehead atoms. The Balaban J connectivity index is 1.23. The molecular weight excluding hydrogens is 1020 g/mol. The average Bonchev–Trinajstić information content (AvgIpc) is 3.35. The fourth-order valence-corrected chi connectivity index (χ4v) is 9.71. The summed E-state index contributed by atoms with van der Waals surface area (Å²) in [4.78, 5) is 0. The highest BCUT2D eigenvalue weighted by Gasteiger charge is 2.59. The number of hydrogen-bond acceptors (Lipinski definition) is 32. The van der Waals surface area contributed by atoms with E-state index in [4.69, 9.17) is 65.8 Å². The van der Waals surface area contributed by atoms with Gasteiger partial charge in [-0.2, -0.15) is 4.21 Å². The van der Waals surface area contributed by atoms with E-state index in [-0.39, 0.29) is 0 Å². The van der Waals surface area contributed by atoms with E-state index < -0.39 is 242 Å². The summed E-state index contributed by atoms with van der Waals surface area (Å²) in [6, 6.07) is 0. The van der Waals surface area contributed by atoms with Crippen molar-refractivity contribution in [1.82, 2.24) is 0 Å². The summed E-state index contributed by atoms with van der Waals surface area (Å²) in [6.45, 7) is -5.16. The second-order valence-electron chi connectivity index (χ2n) is 17.8. The molecule has 22 rings (SSSR count). The molecule has 0 amide bonds. The molecule has 420 valence electrons. The lowest BCUT2D eigenvalue weighted by Gasteiger charge is -2.51. The molecule has 18 N–H and O–H groups in total. The van der Waals surface area contributed by atoms with Crippen molar-refractivity contribution in [1.29, 1.82) is 0 Å². The van der Waals surface area contributed by atoms with Crippen LogP contribution < -0.4 is 0 Å². The van der Waals surface area contributed by atoms with E-state index in [0.717, 1.165) is 6.92 Å². The summed E-state index contributed by atoms with van der Waals surface area (Å²) >= 11 is -2.99. The number of ether oxygens (including phenoxy) is 13. The highest BCUT2D eigenvalue weighted by molar-refractivity contribution is 7.74. The first kappa shape index (κ1) is 58.6. The molecule has 22 aliphatic heterocycles. The van der Waals surface area contributed by atoms with Crippen molar-refractivity contribution in [3.05, 3.63) is 0 Å². The third-order valence-electron chi connectivity index (χ3n) is 13.2. The van der Waals surface area contributed by atoms with E-state index in [0.29, 0.717) is 0 Å². The number of aliphatic hydroxyl groups excluding tert-OH is 17. The molecular formula is C38H64O33S. The van der Waals surface area contributed by atoms with Crippen LogP contribution in [-0.4, -0.2) is 326 Å². The van der Waals surface area contributed by atoms with Crippen LogP contribution in [0.25, 0.3) is 0 Å². The molecule has 32 atom stereocenters. The van der Waals surface area contributed by atoms with Gasteiger partial charge in [-0.15, -0.1) is 0 Å². The molecule has 0 aliphatic carbocycles. The lowest BCUT2D eigenvalue weighted by molar-refractivity contribution is -0.406. The normalized spacial score (nSPS) is 52.7. The highest BCUT2D eigenvalue weighted by atomic mass is 32.2. The third-order valence-corrected chi connectivity index (χ3v) is 13.6. The first-order valence-electron chi connectivity index (χ1n) is 22.6. The first-order chi connectivity index (χ1) is 34.2. The zero-order chi connectivity index (χ0) is 52.6. The molecule has 22 heterocycles. The van der Waals surface area contributed by atoms with Crippen molar-refractivity contribution in [3.8, 4) is 0 Å². The minimum Gasteiger partial charge on any atom is -0.394 e. The molecule has 22 fully saturated rings. The van der Waals surface area contributed by atoms with Crippen molar-refractivity contribution in [2.45, 2.75) is 197 Å². The van der Waals surface area contributed by atoms with Gasteiger partial charge in [0.15, 0.2) is 44.0 Å². The van der Waals surface area contributed by atoms with Gasteiger partial charge in [0.1, 0.15) is 146 Å². The van der Waals surface area contributed by atoms with Gasteiger partial charge in [-0.1, -0.05) is 0 Å². The van der Waals surface area contributed by atoms with Crippen molar-refractivity contribution < 1.29 is 161 Å². The maximum absolute atomic E-state index is 11.7. The standard InChI is InChI=1S/C38H64O33S/c1-8(71-72(56)57)58-32-25(55)38-64-14(7-44)31(32)70-37-24(54)19(49)29(12(5-42)63-37)68-35-22(52)17(47)27(10(3-40)61-35)66-33-20(50)15(45)26(9(2-39)59-33)65-34-21(51)16(46)28(11(4-41)60-34)67-36-23(53)18(48)30(69-38)13(6-43)62-36/h8-55H,2-7H2,1H3,(H,56,57)/t8?,9-,10-,11-,12-,13-,14-,15-,16-,17-,18-,19-,20-,21-,22-,23-,24-,25-,26-,27-,28-,29-,30-,31+,32-,33-,34-,35-,36-,37-,38-/m1/s1. The van der Waals surface area contributed by atoms with E-state index >= 15 is 0 Å². The van der Waals surface area contributed by atoms with Crippen LogP contribution in [0.2, 0.25) is 0 Å². The quantitative estimate of drug-likeness (QED) is 0.0713. The number of aliphatic hydroxyl groups is 17. The fraction of sp³-hybridized carbons (Fsp3) is 1.00. The van der Waals surface area contributed by atoms with Crippen LogP contribution >= 0.6 is 0 Å². The molecule has 33 nitrogen and oxygen atoms in total. The molecule has 0 aromatic heterocycles. The fourth-order valence-electron chi connectivity index (χ4n) is 9.43. The minimum absolute atomic E-state index is 1.02. The van der Waals surface area contributed by atoms with Gasteiger partial charge in [-0.25, -0.2) is 4.18 Å². The Labute approximate surface area is 409 Å². The Hall–Kier alpha value is -1.13. The molecule has 34 heteroatoms. The Kier molecular flexibility index (Phi) is 20.4. The van der Waals surface area contributed by atoms with Gasteiger partial charge in [-0.3, -0.25) is 4.55 Å². The van der Waals surface area contributed by atoms with Crippen LogP contribution in [0.3, 0.4) is 0 Å². The van der Waals surface area contributed by atoms with Crippen LogP contribution in [0.15, 0.2) is 0 Å². The topological polar surface area (TPSA) is 510 Å². The van der Waals surface area contributed by atoms with Crippen LogP contribution in [0.1, 0.15) is 6.92 Å². The van der Waals surface area contributed by atoms with Gasteiger partial charge in [-0.05, 0) is 6.92 Å². The van der Waals surface area contributed by atoms with E-state index in [1.165, 1.54) is 0 Å². The average molecular weight is 1080 g/mol. The van der Waals surface area contributed by atoms with E-state index in [1.807, 2.05) is 0 Å². The van der Waals surface area contributed by atoms with E-state index in [9.17, 15) is 95.6 Å². The summed E-state index contributed by atoms with van der Waals surface area (Å²) in [5.74, 6) is 0. The highest BCUT2D eigenvalue weighted by Crippen LogP contribution is 2.38. The molecule has 0 saturated carbocycles. The summed E-state index contributed by atoms with van der Waals surface area (Å²) in [6.07, 6.45) is -61.5. The zero-order valence-corrected chi connectivity index (χ0v) is 38.5. The molecule has 0 radical (unpaired) electrons. The molecule has 0 spiro atoms. The van der Waals surface area contributed by atoms with Crippen molar-refractivity contribution in [2.75, 3.05) is 39.6 Å². The van der Waals surface area contributed by atoms with E-state index in [2.05, 4.69) is 0 Å². The Morgan fingerprint density at radius 2 is 0.556 bits per heavy atom. The SMILES string of the molecule is CC(O[C@@H]1[C@@H](O)[C@H]2O[C@H]3[C@H](O)[C@@H](O)[C@@H](O[C@H]4[C@H](O)[C@@H](O)[C@@H](O[C@H]5[C@H](O)[C@@H](O)[C@@H](O[C@H]6[C@H](O)[C@@H](O)[C@@H](O[C@H]7[C@H](O)[C@@H](O)[C@@H](O[C@H]1[C@@H](CO)O2)O[C@@H]7CO)O[C@@H]6CO)O[C@@H]5CO)O[C@@H]4CO)O[C@@H]3CO)OS(=O)O. The Morgan fingerprint density at radius 3 is 0.778 bits per heavy atom. The van der Waals surface area contributed by atoms with Crippen molar-refractivity contribution >= 4 is 11.4 Å². The molecule has 0 aromatic carbocycles. The number of hydrogen-bond donors (Lipinski definition) is 18. The monoisotopic (exact) mass is 1080 g/mol. The van der Waals surface area contributed by atoms with Gasteiger partial charge < -0.3 is 148 Å². The summed E-state index contributed by atoms with van der Waals surface area (Å²) in [5.41, 5.74) is 0. The number of rotatable bonds is 10. The largest absolute Gasteiger partial charge is 0.394 e. The maximum Gasteiger partial charge on any atom is 0.304 e. The smallest absolute Gasteiger partial charge is 0.304 e. The molecule has 72 heavy (non-hydrogen) atoms. The predicted octanol–water partition coefficient (Wildman–Crippen LogP) is -12.5. The summed E-state index contributed by atoms with van der Waals surface area (Å²) in [5, 5.41) is 187. The van der Waals surface area contributed by atoms with Crippen LogP contribution in [-0.2, 0) is 77.1 Å². The zero-order valence-electron chi connectivity index (χ0n) is 37.7.